The van der Waals surface area contributed by atoms with E-state index in [1.165, 1.54) is 4.31 Å². The summed E-state index contributed by atoms with van der Waals surface area (Å²) in [6.07, 6.45) is 5.26. The van der Waals surface area contributed by atoms with Gasteiger partial charge in [-0.15, -0.1) is 0 Å². The van der Waals surface area contributed by atoms with E-state index in [4.69, 9.17) is 19.2 Å². The number of amides is 1. The quantitative estimate of drug-likeness (QED) is 0.170. The first-order valence-corrected chi connectivity index (χ1v) is 19.4. The van der Waals surface area contributed by atoms with Gasteiger partial charge in [-0.1, -0.05) is 51.1 Å². The van der Waals surface area contributed by atoms with E-state index < -0.39 is 10.0 Å². The highest BCUT2D eigenvalue weighted by Crippen LogP contribution is 2.46. The molecule has 10 nitrogen and oxygen atoms in total. The zero-order valence-electron chi connectivity index (χ0n) is 31.4. The van der Waals surface area contributed by atoms with Crippen molar-refractivity contribution in [3.63, 3.8) is 0 Å². The van der Waals surface area contributed by atoms with Crippen molar-refractivity contribution in [3.05, 3.63) is 94.8 Å². The maximum Gasteiger partial charge on any atom is 0.254 e. The predicted molar refractivity (Wildman–Crippen MR) is 208 cm³/mol. The number of sulfonamides is 1. The fourth-order valence-corrected chi connectivity index (χ4v) is 9.23. The molecule has 1 unspecified atom stereocenters. The lowest BCUT2D eigenvalue weighted by atomic mass is 9.68. The van der Waals surface area contributed by atoms with Gasteiger partial charge in [0.1, 0.15) is 4.90 Å². The highest BCUT2D eigenvalue weighted by atomic mass is 32.2. The molecule has 0 radical (unpaired) electrons. The second kappa shape index (κ2) is 14.1. The molecule has 3 heterocycles. The van der Waals surface area contributed by atoms with Crippen LogP contribution in [-0.4, -0.2) is 81.0 Å². The van der Waals surface area contributed by atoms with Crippen molar-refractivity contribution in [2.75, 3.05) is 47.5 Å². The number of rotatable bonds is 7. The summed E-state index contributed by atoms with van der Waals surface area (Å²) < 4.78 is 46.3. The lowest BCUT2D eigenvalue weighted by Gasteiger charge is -2.38. The Morgan fingerprint density at radius 3 is 2.25 bits per heavy atom. The topological polar surface area (TPSA) is 111 Å². The minimum Gasteiger partial charge on any atom is -0.493 e. The van der Waals surface area contributed by atoms with Crippen LogP contribution in [0.1, 0.15) is 59.9 Å². The highest BCUT2D eigenvalue weighted by Gasteiger charge is 2.38. The fraction of sp³-hybridized carbons (Fsp3) is 0.357. The summed E-state index contributed by atoms with van der Waals surface area (Å²) in [5, 5.41) is 1.58. The van der Waals surface area contributed by atoms with Crippen LogP contribution in [0.15, 0.2) is 71.8 Å². The Labute approximate surface area is 311 Å². The molecular weight excluding hydrogens is 689 g/mol. The van der Waals surface area contributed by atoms with Crippen molar-refractivity contribution >= 4 is 49.4 Å². The third-order valence-corrected chi connectivity index (χ3v) is 12.6. The van der Waals surface area contributed by atoms with E-state index in [0.29, 0.717) is 34.7 Å². The second-order valence-electron chi connectivity index (χ2n) is 15.0. The molecule has 1 atom stereocenters. The summed E-state index contributed by atoms with van der Waals surface area (Å²) in [7, 11) is 0.932. The summed E-state index contributed by atoms with van der Waals surface area (Å²) in [4.78, 5) is 26.5. The van der Waals surface area contributed by atoms with Crippen LogP contribution in [0.2, 0.25) is 0 Å². The van der Waals surface area contributed by atoms with Crippen molar-refractivity contribution < 1.29 is 27.4 Å². The summed E-state index contributed by atoms with van der Waals surface area (Å²) in [6, 6.07) is 18.8. The van der Waals surface area contributed by atoms with E-state index in [2.05, 4.69) is 31.8 Å². The number of piperazine rings is 1. The van der Waals surface area contributed by atoms with Crippen molar-refractivity contribution in [2.45, 2.75) is 45.4 Å². The number of hydrogen-bond donors (Lipinski definition) is 0. The third kappa shape index (κ3) is 6.72. The van der Waals surface area contributed by atoms with Crippen LogP contribution in [0, 0.1) is 18.3 Å². The van der Waals surface area contributed by atoms with Crippen LogP contribution in [0.5, 0.6) is 17.2 Å². The maximum absolute atomic E-state index is 14.8. The van der Waals surface area contributed by atoms with Crippen molar-refractivity contribution in [3.8, 4) is 17.2 Å². The Hall–Kier alpha value is -5.00. The van der Waals surface area contributed by atoms with Crippen molar-refractivity contribution in [1.29, 1.82) is 0 Å². The number of pyridine rings is 2. The zero-order chi connectivity index (χ0) is 37.7. The molecule has 1 aliphatic heterocycles. The molecule has 2 aromatic heterocycles. The molecular formula is C42H46N4O6S. The Bertz CT molecular complexity index is 2350. The van der Waals surface area contributed by atoms with E-state index in [1.54, 1.807) is 44.6 Å². The molecule has 1 fully saturated rings. The van der Waals surface area contributed by atoms with Gasteiger partial charge in [-0.3, -0.25) is 9.78 Å². The molecule has 11 heteroatoms. The number of carbonyl (C=O) groups excluding carboxylic acids is 1. The predicted octanol–water partition coefficient (Wildman–Crippen LogP) is 7.41. The maximum atomic E-state index is 14.8. The molecule has 276 valence electrons. The van der Waals surface area contributed by atoms with Crippen LogP contribution < -0.4 is 14.2 Å². The normalized spacial score (nSPS) is 17.6. The van der Waals surface area contributed by atoms with Crippen LogP contribution in [0.25, 0.3) is 33.5 Å². The number of fused-ring (bicyclic) bond motifs is 3. The van der Waals surface area contributed by atoms with E-state index in [9.17, 15) is 13.2 Å². The Kier molecular flexibility index (Phi) is 9.67. The van der Waals surface area contributed by atoms with Crippen molar-refractivity contribution in [1.82, 2.24) is 19.2 Å². The van der Waals surface area contributed by atoms with Gasteiger partial charge < -0.3 is 19.1 Å². The number of benzene rings is 3. The van der Waals surface area contributed by atoms with Gasteiger partial charge in [-0.05, 0) is 89.8 Å². The lowest BCUT2D eigenvalue weighted by Crippen LogP contribution is -2.50. The standard InChI is InChI=1S/C42H46N4O6S/c1-26-19-28-11-10-14-36(39(28)43-25-26)53(48,49)46-17-15-45(16-18-46)41(47)37-31-12-8-9-13-33(31)44-38-29(23-30(24-32(37)38)42(2,3)4)20-27-21-34(50-5)40(52-7)35(22-27)51-6/h8-14,19-22,25,30H,15-18,23-24H2,1-7H3/b29-20-. The van der Waals surface area contributed by atoms with Crippen LogP contribution in [-0.2, 0) is 16.4 Å². The second-order valence-corrected chi connectivity index (χ2v) is 16.9. The molecule has 0 N–H and O–H groups in total. The van der Waals surface area contributed by atoms with Gasteiger partial charge in [0.15, 0.2) is 11.5 Å². The van der Waals surface area contributed by atoms with Gasteiger partial charge in [0.2, 0.25) is 15.8 Å². The van der Waals surface area contributed by atoms with Crippen molar-refractivity contribution in [2.24, 2.45) is 11.3 Å². The summed E-state index contributed by atoms with van der Waals surface area (Å²) in [5.41, 5.74) is 6.35. The first kappa shape index (κ1) is 36.4. The average Bonchev–Trinajstić information content (AvgIpc) is 3.15. The fourth-order valence-electron chi connectivity index (χ4n) is 7.65. The molecule has 2 aliphatic rings. The van der Waals surface area contributed by atoms with Crippen LogP contribution in [0.3, 0.4) is 0 Å². The van der Waals surface area contributed by atoms with E-state index in [-0.39, 0.29) is 48.3 Å². The SMILES string of the molecule is COc1cc(/C=C2/CC(C(C)(C)C)Cc3c2nc2ccccc2c3C(=O)N2CCN(S(=O)(=O)c3cccc4cc(C)cnc34)CC2)cc(OC)c1OC. The highest BCUT2D eigenvalue weighted by molar-refractivity contribution is 7.89. The monoisotopic (exact) mass is 734 g/mol. The Morgan fingerprint density at radius 1 is 0.887 bits per heavy atom. The molecule has 0 saturated carbocycles. The molecule has 5 aromatic rings. The number of aryl methyl sites for hydroxylation is 1. The molecule has 3 aromatic carbocycles. The molecule has 0 bridgehead atoms. The largest absolute Gasteiger partial charge is 0.493 e. The minimum atomic E-state index is -3.85. The van der Waals surface area contributed by atoms with E-state index in [1.807, 2.05) is 55.5 Å². The van der Waals surface area contributed by atoms with Gasteiger partial charge >= 0.3 is 0 Å². The summed E-state index contributed by atoms with van der Waals surface area (Å²) in [5.74, 6) is 1.73. The number of ether oxygens (including phenoxy) is 3. The molecule has 1 aliphatic carbocycles. The number of hydrogen-bond acceptors (Lipinski definition) is 8. The zero-order valence-corrected chi connectivity index (χ0v) is 32.2. The Balaban J connectivity index is 1.27. The van der Waals surface area contributed by atoms with Gasteiger partial charge in [0.05, 0.1) is 43.6 Å². The third-order valence-electron chi connectivity index (χ3n) is 10.6. The molecule has 0 spiro atoms. The van der Waals surface area contributed by atoms with Gasteiger partial charge in [0.25, 0.3) is 5.91 Å². The molecule has 1 amide bonds. The number of carbonyl (C=O) groups is 1. The van der Waals surface area contributed by atoms with Crippen LogP contribution in [0.4, 0.5) is 0 Å². The summed E-state index contributed by atoms with van der Waals surface area (Å²) in [6.45, 7) is 9.53. The van der Waals surface area contributed by atoms with Gasteiger partial charge in [0, 0.05) is 43.1 Å². The summed E-state index contributed by atoms with van der Waals surface area (Å²) >= 11 is 0. The lowest BCUT2D eigenvalue weighted by molar-refractivity contribution is 0.0697. The number of para-hydroxylation sites is 2. The molecule has 53 heavy (non-hydrogen) atoms. The van der Waals surface area contributed by atoms with Gasteiger partial charge in [-0.2, -0.15) is 4.31 Å². The number of aromatic nitrogens is 2. The first-order chi connectivity index (χ1) is 25.3. The number of nitrogens with zero attached hydrogens (tertiary/aromatic N) is 4. The van der Waals surface area contributed by atoms with Crippen LogP contribution >= 0.6 is 0 Å². The van der Waals surface area contributed by atoms with Gasteiger partial charge in [-0.25, -0.2) is 13.4 Å². The number of allylic oxidation sites excluding steroid dienone is 1. The average molecular weight is 735 g/mol. The smallest absolute Gasteiger partial charge is 0.254 e. The first-order valence-electron chi connectivity index (χ1n) is 17.9. The number of methoxy groups -OCH3 is 3. The van der Waals surface area contributed by atoms with E-state index in [0.717, 1.165) is 50.7 Å². The Morgan fingerprint density at radius 2 is 1.58 bits per heavy atom. The minimum absolute atomic E-state index is 0.0623. The van der Waals surface area contributed by atoms with E-state index >= 15 is 0 Å². The molecule has 1 saturated heterocycles. The molecule has 7 rings (SSSR count).